The van der Waals surface area contributed by atoms with Gasteiger partial charge in [-0.2, -0.15) is 0 Å². The van der Waals surface area contributed by atoms with E-state index in [2.05, 4.69) is 41.7 Å². The maximum absolute atomic E-state index is 5.87. The minimum Gasteiger partial charge on any atom is -0.476 e. The zero-order valence-corrected chi connectivity index (χ0v) is 15.6. The minimum absolute atomic E-state index is 0.556. The van der Waals surface area contributed by atoms with Gasteiger partial charge in [-0.1, -0.05) is 6.92 Å². The highest BCUT2D eigenvalue weighted by Crippen LogP contribution is 2.52. The number of fused-ring (bicyclic) bond motifs is 1. The number of nitrogens with zero attached hydrogens (tertiary/aromatic N) is 7. The highest BCUT2D eigenvalue weighted by Gasteiger charge is 2.56. The van der Waals surface area contributed by atoms with Crippen LogP contribution in [0.15, 0.2) is 43.5 Å². The van der Waals surface area contributed by atoms with Gasteiger partial charge >= 0.3 is 0 Å². The average molecular weight is 375 g/mol. The van der Waals surface area contributed by atoms with Crippen molar-refractivity contribution in [2.24, 2.45) is 17.8 Å². The second kappa shape index (κ2) is 7.10. The van der Waals surface area contributed by atoms with Crippen molar-refractivity contribution in [3.63, 3.8) is 0 Å². The predicted octanol–water partition coefficient (Wildman–Crippen LogP) is 2.05. The molecule has 2 aliphatic rings. The van der Waals surface area contributed by atoms with Crippen molar-refractivity contribution < 1.29 is 4.74 Å². The van der Waals surface area contributed by atoms with Crippen molar-refractivity contribution in [1.82, 2.24) is 29.9 Å². The SMILES string of the molecule is CCc1cnc(N2C[C@@H]3C(COc4cnc(-c5cncnc5)cn4)[C@@H]3C2)nc1. The average Bonchev–Trinajstić information content (AvgIpc) is 3.22. The van der Waals surface area contributed by atoms with Crippen LogP contribution in [0.1, 0.15) is 12.5 Å². The summed E-state index contributed by atoms with van der Waals surface area (Å²) >= 11 is 0. The van der Waals surface area contributed by atoms with E-state index in [-0.39, 0.29) is 0 Å². The Morgan fingerprint density at radius 1 is 0.929 bits per heavy atom. The molecule has 0 amide bonds. The summed E-state index contributed by atoms with van der Waals surface area (Å²) in [6.07, 6.45) is 13.1. The molecule has 1 unspecified atom stereocenters. The summed E-state index contributed by atoms with van der Waals surface area (Å²) < 4.78 is 5.87. The molecule has 5 rings (SSSR count). The Balaban J connectivity index is 1.13. The number of ether oxygens (including phenoxy) is 1. The van der Waals surface area contributed by atoms with Crippen molar-refractivity contribution >= 4 is 5.95 Å². The Hall–Kier alpha value is -3.16. The van der Waals surface area contributed by atoms with Crippen LogP contribution in [0.5, 0.6) is 5.88 Å². The number of piperidine rings is 1. The molecule has 3 aromatic heterocycles. The quantitative estimate of drug-likeness (QED) is 0.647. The lowest BCUT2D eigenvalue weighted by Gasteiger charge is -2.19. The van der Waals surface area contributed by atoms with E-state index < -0.39 is 0 Å². The molecule has 8 heteroatoms. The Morgan fingerprint density at radius 2 is 1.68 bits per heavy atom. The van der Waals surface area contributed by atoms with Crippen LogP contribution in [0.4, 0.5) is 5.95 Å². The number of hydrogen-bond acceptors (Lipinski definition) is 8. The van der Waals surface area contributed by atoms with Crippen molar-refractivity contribution in [2.75, 3.05) is 24.6 Å². The molecular formula is C20H21N7O. The van der Waals surface area contributed by atoms with Crippen molar-refractivity contribution in [2.45, 2.75) is 13.3 Å². The van der Waals surface area contributed by atoms with Crippen molar-refractivity contribution in [3.8, 4) is 17.1 Å². The largest absolute Gasteiger partial charge is 0.476 e. The van der Waals surface area contributed by atoms with Gasteiger partial charge in [-0.15, -0.1) is 0 Å². The normalized spacial score (nSPS) is 22.8. The van der Waals surface area contributed by atoms with Crippen LogP contribution in [0, 0.1) is 17.8 Å². The number of aromatic nitrogens is 6. The molecule has 3 aromatic rings. The Morgan fingerprint density at radius 3 is 2.32 bits per heavy atom. The van der Waals surface area contributed by atoms with Crippen LogP contribution in [0.3, 0.4) is 0 Å². The van der Waals surface area contributed by atoms with Crippen LogP contribution in [0.25, 0.3) is 11.3 Å². The molecule has 0 N–H and O–H groups in total. The topological polar surface area (TPSA) is 89.8 Å². The van der Waals surface area contributed by atoms with E-state index >= 15 is 0 Å². The van der Waals surface area contributed by atoms with E-state index in [1.165, 1.54) is 11.9 Å². The zero-order chi connectivity index (χ0) is 18.9. The summed E-state index contributed by atoms with van der Waals surface area (Å²) in [5, 5.41) is 0. The summed E-state index contributed by atoms with van der Waals surface area (Å²) in [6.45, 7) is 4.80. The predicted molar refractivity (Wildman–Crippen MR) is 103 cm³/mol. The third-order valence-electron chi connectivity index (χ3n) is 5.66. The second-order valence-electron chi connectivity index (χ2n) is 7.32. The van der Waals surface area contributed by atoms with E-state index in [4.69, 9.17) is 4.74 Å². The van der Waals surface area contributed by atoms with Gasteiger partial charge in [0, 0.05) is 49.4 Å². The summed E-state index contributed by atoms with van der Waals surface area (Å²) in [7, 11) is 0. The number of rotatable bonds is 6. The smallest absolute Gasteiger partial charge is 0.232 e. The number of hydrogen-bond donors (Lipinski definition) is 0. The fourth-order valence-electron chi connectivity index (χ4n) is 3.91. The number of anilines is 1. The molecular weight excluding hydrogens is 354 g/mol. The highest BCUT2D eigenvalue weighted by molar-refractivity contribution is 5.55. The summed E-state index contributed by atoms with van der Waals surface area (Å²) in [5.41, 5.74) is 2.75. The van der Waals surface area contributed by atoms with Crippen LogP contribution in [-0.4, -0.2) is 49.6 Å². The van der Waals surface area contributed by atoms with Gasteiger partial charge in [0.05, 0.1) is 24.7 Å². The van der Waals surface area contributed by atoms with E-state index in [9.17, 15) is 0 Å². The molecule has 2 fully saturated rings. The fourth-order valence-corrected chi connectivity index (χ4v) is 3.91. The maximum Gasteiger partial charge on any atom is 0.232 e. The van der Waals surface area contributed by atoms with Gasteiger partial charge in [-0.25, -0.2) is 29.9 Å². The summed E-state index contributed by atoms with van der Waals surface area (Å²) in [6, 6.07) is 0. The first kappa shape index (κ1) is 17.0. The molecule has 0 aromatic carbocycles. The maximum atomic E-state index is 5.87. The summed E-state index contributed by atoms with van der Waals surface area (Å²) in [5.74, 6) is 3.29. The van der Waals surface area contributed by atoms with Crippen LogP contribution in [-0.2, 0) is 6.42 Å². The van der Waals surface area contributed by atoms with Gasteiger partial charge in [0.2, 0.25) is 11.8 Å². The van der Waals surface area contributed by atoms with Crippen LogP contribution < -0.4 is 9.64 Å². The van der Waals surface area contributed by atoms with Gasteiger partial charge in [0.25, 0.3) is 0 Å². The van der Waals surface area contributed by atoms with Gasteiger partial charge in [0.1, 0.15) is 6.33 Å². The first-order valence-electron chi connectivity index (χ1n) is 9.58. The fraction of sp³-hybridized carbons (Fsp3) is 0.400. The molecule has 8 nitrogen and oxygen atoms in total. The molecule has 0 radical (unpaired) electrons. The van der Waals surface area contributed by atoms with Crippen molar-refractivity contribution in [3.05, 3.63) is 49.1 Å². The van der Waals surface area contributed by atoms with Gasteiger partial charge in [0.15, 0.2) is 0 Å². The lowest BCUT2D eigenvalue weighted by molar-refractivity contribution is 0.271. The highest BCUT2D eigenvalue weighted by atomic mass is 16.5. The molecule has 0 bridgehead atoms. The van der Waals surface area contributed by atoms with Gasteiger partial charge < -0.3 is 9.64 Å². The van der Waals surface area contributed by atoms with Crippen LogP contribution >= 0.6 is 0 Å². The van der Waals surface area contributed by atoms with E-state index in [1.54, 1.807) is 24.8 Å². The van der Waals surface area contributed by atoms with E-state index in [1.807, 2.05) is 12.4 Å². The summed E-state index contributed by atoms with van der Waals surface area (Å²) in [4.78, 5) is 28.0. The monoisotopic (exact) mass is 375 g/mol. The molecule has 1 aliphatic heterocycles. The van der Waals surface area contributed by atoms with E-state index in [0.717, 1.165) is 36.7 Å². The number of aryl methyl sites for hydroxylation is 1. The molecule has 142 valence electrons. The Kier molecular flexibility index (Phi) is 4.31. The van der Waals surface area contributed by atoms with Gasteiger partial charge in [-0.3, -0.25) is 0 Å². The Bertz CT molecular complexity index is 921. The Labute approximate surface area is 163 Å². The second-order valence-corrected chi connectivity index (χ2v) is 7.32. The first-order chi connectivity index (χ1) is 13.8. The molecule has 1 saturated carbocycles. The van der Waals surface area contributed by atoms with Gasteiger partial charge in [-0.05, 0) is 23.8 Å². The lowest BCUT2D eigenvalue weighted by Crippen LogP contribution is -2.27. The standard InChI is InChI=1S/C20H21N7O/c1-2-13-3-25-20(26-4-13)27-9-15-16(10-27)17(15)11-28-19-8-23-18(7-24-19)14-5-21-12-22-6-14/h3-8,12,15-17H,2,9-11H2,1H3/t15-,16+,17?. The lowest BCUT2D eigenvalue weighted by atomic mass is 10.2. The van der Waals surface area contributed by atoms with E-state index in [0.29, 0.717) is 30.2 Å². The molecule has 1 aliphatic carbocycles. The van der Waals surface area contributed by atoms with Crippen molar-refractivity contribution in [1.29, 1.82) is 0 Å². The molecule has 0 spiro atoms. The molecule has 4 heterocycles. The first-order valence-corrected chi connectivity index (χ1v) is 9.58. The molecule has 1 saturated heterocycles. The molecule has 3 atom stereocenters. The van der Waals surface area contributed by atoms with Crippen LogP contribution in [0.2, 0.25) is 0 Å². The molecule has 28 heavy (non-hydrogen) atoms. The third kappa shape index (κ3) is 3.26. The minimum atomic E-state index is 0.556. The third-order valence-corrected chi connectivity index (χ3v) is 5.66. The zero-order valence-electron chi connectivity index (χ0n) is 15.6.